The Bertz CT molecular complexity index is 860. The first-order valence-electron chi connectivity index (χ1n) is 10.7. The van der Waals surface area contributed by atoms with Gasteiger partial charge in [-0.3, -0.25) is 0 Å². The second-order valence-corrected chi connectivity index (χ2v) is 11.7. The molecule has 3 aliphatic heterocycles. The quantitative estimate of drug-likeness (QED) is 0.573. The molecule has 1 aromatic rings. The lowest BCUT2D eigenvalue weighted by atomic mass is 9.48. The predicted octanol–water partition coefficient (Wildman–Crippen LogP) is 4.98. The maximum atomic E-state index is 6.66. The van der Waals surface area contributed by atoms with Gasteiger partial charge in [0.25, 0.3) is 0 Å². The molecule has 3 aliphatic rings. The Morgan fingerprint density at radius 2 is 1.57 bits per heavy atom. The van der Waals surface area contributed by atoms with Gasteiger partial charge < -0.3 is 23.4 Å². The highest BCUT2D eigenvalue weighted by Crippen LogP contribution is 2.58. The number of ether oxygens (including phenoxy) is 1. The molecule has 0 amide bonds. The number of methoxy groups -OCH3 is 1. The summed E-state index contributed by atoms with van der Waals surface area (Å²) in [5.74, 6) is 0.917. The van der Waals surface area contributed by atoms with E-state index < -0.39 is 36.4 Å². The van der Waals surface area contributed by atoms with E-state index >= 15 is 0 Å². The first-order valence-corrected chi connectivity index (χ1v) is 11.5. The molecule has 3 atom stereocenters. The van der Waals surface area contributed by atoms with Gasteiger partial charge in [0.2, 0.25) is 0 Å². The van der Waals surface area contributed by atoms with Crippen LogP contribution in [-0.4, -0.2) is 43.5 Å². The fraction of sp³-hybridized carbons (Fsp3) is 0.727. The van der Waals surface area contributed by atoms with E-state index in [1.54, 1.807) is 7.11 Å². The molecular formula is C22H33B2BrO5. The molecule has 3 heterocycles. The standard InChI is InChI=1S/C22H33B2BrO5/c1-18(2,14-10-11-16(26-9)15(25)12-14)17-13-21(7)19(3,4)27-23(29-21)24-28-20(5,6)22(17,8)30-24/h10-12,17H,13H2,1-9H3. The second-order valence-electron chi connectivity index (χ2n) is 10.9. The minimum Gasteiger partial charge on any atom is -0.496 e. The third-order valence-electron chi connectivity index (χ3n) is 8.28. The van der Waals surface area contributed by atoms with Crippen molar-refractivity contribution in [2.45, 2.75) is 89.6 Å². The summed E-state index contributed by atoms with van der Waals surface area (Å²) < 4.78 is 32.3. The number of rotatable bonds is 3. The molecule has 3 fully saturated rings. The highest BCUT2D eigenvalue weighted by atomic mass is 79.9. The fourth-order valence-electron chi connectivity index (χ4n) is 5.47. The normalized spacial score (nSPS) is 34.7. The monoisotopic (exact) mass is 478 g/mol. The first-order chi connectivity index (χ1) is 13.7. The van der Waals surface area contributed by atoms with Crippen molar-refractivity contribution in [1.82, 2.24) is 0 Å². The Labute approximate surface area is 189 Å². The summed E-state index contributed by atoms with van der Waals surface area (Å²) in [6, 6.07) is 6.32. The molecule has 30 heavy (non-hydrogen) atoms. The van der Waals surface area contributed by atoms with E-state index in [4.69, 9.17) is 23.4 Å². The zero-order chi connectivity index (χ0) is 22.3. The number of halogens is 1. The molecule has 0 aromatic heterocycles. The Morgan fingerprint density at radius 1 is 0.967 bits per heavy atom. The summed E-state index contributed by atoms with van der Waals surface area (Å²) in [6.45, 7) is 17.4. The molecule has 4 bridgehead atoms. The van der Waals surface area contributed by atoms with Crippen molar-refractivity contribution in [3.8, 4) is 5.75 Å². The van der Waals surface area contributed by atoms with Crippen LogP contribution in [0.2, 0.25) is 0 Å². The van der Waals surface area contributed by atoms with Crippen molar-refractivity contribution >= 4 is 29.9 Å². The van der Waals surface area contributed by atoms with Crippen molar-refractivity contribution < 1.29 is 23.4 Å². The molecule has 1 aromatic carbocycles. The highest BCUT2D eigenvalue weighted by Gasteiger charge is 2.72. The van der Waals surface area contributed by atoms with Gasteiger partial charge in [0.05, 0.1) is 34.0 Å². The maximum absolute atomic E-state index is 6.66. The van der Waals surface area contributed by atoms with Crippen molar-refractivity contribution in [3.05, 3.63) is 28.2 Å². The van der Waals surface area contributed by atoms with Gasteiger partial charge in [-0.05, 0) is 87.0 Å². The number of fused-ring (bicyclic) bond motifs is 5. The van der Waals surface area contributed by atoms with E-state index in [2.05, 4.69) is 83.5 Å². The van der Waals surface area contributed by atoms with Gasteiger partial charge in [0, 0.05) is 5.92 Å². The van der Waals surface area contributed by atoms with E-state index in [1.807, 2.05) is 6.07 Å². The van der Waals surface area contributed by atoms with Crippen LogP contribution in [0.3, 0.4) is 0 Å². The average Bonchev–Trinajstić information content (AvgIpc) is 3.03. The molecule has 4 rings (SSSR count). The van der Waals surface area contributed by atoms with Crippen LogP contribution in [0.15, 0.2) is 22.7 Å². The minimum atomic E-state index is -0.549. The Kier molecular flexibility index (Phi) is 5.09. The van der Waals surface area contributed by atoms with Crippen LogP contribution in [0.5, 0.6) is 5.75 Å². The Hall–Kier alpha value is -0.530. The van der Waals surface area contributed by atoms with Crippen LogP contribution in [0.1, 0.15) is 67.4 Å². The topological polar surface area (TPSA) is 46.2 Å². The van der Waals surface area contributed by atoms with Crippen LogP contribution >= 0.6 is 15.9 Å². The Balaban J connectivity index is 1.85. The van der Waals surface area contributed by atoms with Crippen molar-refractivity contribution in [3.63, 3.8) is 0 Å². The van der Waals surface area contributed by atoms with Crippen LogP contribution in [0.4, 0.5) is 0 Å². The molecule has 0 aliphatic carbocycles. The van der Waals surface area contributed by atoms with Gasteiger partial charge in [-0.2, -0.15) is 0 Å². The van der Waals surface area contributed by atoms with Crippen molar-refractivity contribution in [2.75, 3.05) is 7.11 Å². The first kappa shape index (κ1) is 22.7. The molecule has 0 radical (unpaired) electrons. The maximum Gasteiger partial charge on any atom is 0.489 e. The summed E-state index contributed by atoms with van der Waals surface area (Å²) >= 11 is 3.66. The summed E-state index contributed by atoms with van der Waals surface area (Å²) in [5, 5.41) is 0. The minimum absolute atomic E-state index is 0.0946. The predicted molar refractivity (Wildman–Crippen MR) is 123 cm³/mol. The molecule has 164 valence electrons. The average molecular weight is 479 g/mol. The zero-order valence-electron chi connectivity index (χ0n) is 19.6. The molecule has 0 saturated carbocycles. The van der Waals surface area contributed by atoms with Gasteiger partial charge in [-0.25, -0.2) is 0 Å². The van der Waals surface area contributed by atoms with E-state index in [1.165, 1.54) is 5.56 Å². The number of hydrogen-bond acceptors (Lipinski definition) is 5. The van der Waals surface area contributed by atoms with Crippen molar-refractivity contribution in [2.24, 2.45) is 5.92 Å². The van der Waals surface area contributed by atoms with E-state index in [-0.39, 0.29) is 11.3 Å². The largest absolute Gasteiger partial charge is 0.496 e. The summed E-state index contributed by atoms with van der Waals surface area (Å²) in [4.78, 5) is 0. The molecule has 0 N–H and O–H groups in total. The zero-order valence-corrected chi connectivity index (χ0v) is 21.2. The third kappa shape index (κ3) is 3.05. The SMILES string of the molecule is COc1ccc(C(C)(C)C2CC3(C)OB(OC3(C)C)B3OC(C)(C)C2(C)O3)cc1Br. The lowest BCUT2D eigenvalue weighted by Gasteiger charge is -2.53. The highest BCUT2D eigenvalue weighted by molar-refractivity contribution is 9.10. The van der Waals surface area contributed by atoms with Crippen LogP contribution in [0, 0.1) is 5.92 Å². The molecule has 3 unspecified atom stereocenters. The number of hydrogen-bond donors (Lipinski definition) is 0. The molecule has 0 spiro atoms. The van der Waals surface area contributed by atoms with Crippen LogP contribution < -0.4 is 4.74 Å². The van der Waals surface area contributed by atoms with Gasteiger partial charge in [-0.1, -0.05) is 19.9 Å². The van der Waals surface area contributed by atoms with Gasteiger partial charge >= 0.3 is 14.0 Å². The van der Waals surface area contributed by atoms with E-state index in [0.717, 1.165) is 16.6 Å². The van der Waals surface area contributed by atoms with Crippen molar-refractivity contribution in [1.29, 1.82) is 0 Å². The van der Waals surface area contributed by atoms with Gasteiger partial charge in [-0.15, -0.1) is 0 Å². The van der Waals surface area contributed by atoms with E-state index in [0.29, 0.717) is 0 Å². The van der Waals surface area contributed by atoms with Crippen LogP contribution in [0.25, 0.3) is 0 Å². The fourth-order valence-corrected chi connectivity index (χ4v) is 6.01. The summed E-state index contributed by atoms with van der Waals surface area (Å²) in [6.07, 6.45) is 0.781. The lowest BCUT2D eigenvalue weighted by Crippen LogP contribution is -2.60. The molecule has 3 saturated heterocycles. The van der Waals surface area contributed by atoms with Gasteiger partial charge in [0.1, 0.15) is 5.75 Å². The summed E-state index contributed by atoms with van der Waals surface area (Å²) in [5.41, 5.74) is -0.971. The number of benzene rings is 1. The molecular weight excluding hydrogens is 446 g/mol. The van der Waals surface area contributed by atoms with Gasteiger partial charge in [0.15, 0.2) is 0 Å². The summed E-state index contributed by atoms with van der Waals surface area (Å²) in [7, 11) is 0.613. The smallest absolute Gasteiger partial charge is 0.489 e. The molecule has 5 nitrogen and oxygen atoms in total. The molecule has 8 heteroatoms. The lowest BCUT2D eigenvalue weighted by molar-refractivity contribution is -0.114. The third-order valence-corrected chi connectivity index (χ3v) is 8.90. The Morgan fingerprint density at radius 3 is 2.17 bits per heavy atom. The van der Waals surface area contributed by atoms with E-state index in [9.17, 15) is 0 Å². The second kappa shape index (κ2) is 6.74. The van der Waals surface area contributed by atoms with Crippen LogP contribution in [-0.2, 0) is 24.0 Å².